The number of nitrogens with two attached hydrogens (primary N) is 1. The van der Waals surface area contributed by atoms with E-state index in [0.29, 0.717) is 23.2 Å². The Morgan fingerprint density at radius 3 is 2.59 bits per heavy atom. The summed E-state index contributed by atoms with van der Waals surface area (Å²) in [5, 5.41) is 4.78. The molecule has 1 amide bonds. The minimum absolute atomic E-state index is 0. The van der Waals surface area contributed by atoms with E-state index in [2.05, 4.69) is 10.1 Å². The van der Waals surface area contributed by atoms with Gasteiger partial charge in [0.15, 0.2) is 0 Å². The number of aryl methyl sites for hydroxylation is 1. The Labute approximate surface area is 136 Å². The Balaban J connectivity index is 0.00000242. The number of aromatic nitrogens is 2. The molecule has 0 aliphatic carbocycles. The predicted octanol–water partition coefficient (Wildman–Crippen LogP) is 2.50. The number of carbonyl (C=O) groups excluding carboxylic acids is 1. The average Bonchev–Trinajstić information content (AvgIpc) is 2.87. The monoisotopic (exact) mass is 326 g/mol. The molecule has 122 valence electrons. The molecule has 7 heteroatoms. The number of amides is 1. The zero-order valence-corrected chi connectivity index (χ0v) is 14.4. The summed E-state index contributed by atoms with van der Waals surface area (Å²) < 4.78 is 5.29. The normalized spacial score (nSPS) is 12.3. The fourth-order valence-corrected chi connectivity index (χ4v) is 2.21. The van der Waals surface area contributed by atoms with Crippen LogP contribution < -0.4 is 5.73 Å². The zero-order chi connectivity index (χ0) is 15.7. The third kappa shape index (κ3) is 3.23. The molecule has 0 bridgehead atoms. The first kappa shape index (κ1) is 18.4. The summed E-state index contributed by atoms with van der Waals surface area (Å²) >= 11 is 0. The highest BCUT2D eigenvalue weighted by molar-refractivity contribution is 6.06. The second-order valence-electron chi connectivity index (χ2n) is 5.71. The lowest BCUT2D eigenvalue weighted by molar-refractivity contribution is 0.0750. The lowest BCUT2D eigenvalue weighted by Gasteiger charge is -2.24. The third-order valence-electron chi connectivity index (χ3n) is 3.70. The minimum atomic E-state index is -0.0893. The Bertz CT molecular complexity index is 669. The summed E-state index contributed by atoms with van der Waals surface area (Å²) in [6.07, 6.45) is 0. The molecule has 0 saturated carbocycles. The van der Waals surface area contributed by atoms with Crippen molar-refractivity contribution >= 4 is 29.4 Å². The summed E-state index contributed by atoms with van der Waals surface area (Å²) in [7, 11) is 1.75. The molecule has 6 nitrogen and oxygen atoms in total. The fraction of sp³-hybridized carbons (Fsp3) is 0.533. The fourth-order valence-electron chi connectivity index (χ4n) is 2.21. The molecule has 2 aromatic rings. The van der Waals surface area contributed by atoms with Gasteiger partial charge in [-0.2, -0.15) is 0 Å². The van der Waals surface area contributed by atoms with Gasteiger partial charge in [0.2, 0.25) is 0 Å². The molecule has 0 radical (unpaired) electrons. The second-order valence-corrected chi connectivity index (χ2v) is 5.71. The van der Waals surface area contributed by atoms with Crippen LogP contribution >= 0.6 is 12.4 Å². The predicted molar refractivity (Wildman–Crippen MR) is 88.5 cm³/mol. The van der Waals surface area contributed by atoms with Crippen molar-refractivity contribution in [2.75, 3.05) is 13.6 Å². The summed E-state index contributed by atoms with van der Waals surface area (Å²) in [4.78, 5) is 18.7. The van der Waals surface area contributed by atoms with Gasteiger partial charge in [0.1, 0.15) is 0 Å². The van der Waals surface area contributed by atoms with Crippen molar-refractivity contribution in [2.45, 2.75) is 39.7 Å². The van der Waals surface area contributed by atoms with E-state index in [1.807, 2.05) is 27.7 Å². The first-order valence-electron chi connectivity index (χ1n) is 7.11. The van der Waals surface area contributed by atoms with E-state index in [0.717, 1.165) is 11.4 Å². The molecule has 2 heterocycles. The largest absolute Gasteiger partial charge is 0.338 e. The van der Waals surface area contributed by atoms with Crippen molar-refractivity contribution in [3.05, 3.63) is 23.0 Å². The molecule has 22 heavy (non-hydrogen) atoms. The van der Waals surface area contributed by atoms with E-state index >= 15 is 0 Å². The molecule has 0 aromatic carbocycles. The molecule has 0 fully saturated rings. The Hall–Kier alpha value is -1.66. The molecular formula is C15H23ClN4O2. The number of rotatable bonds is 4. The van der Waals surface area contributed by atoms with Crippen molar-refractivity contribution in [3.63, 3.8) is 0 Å². The highest BCUT2D eigenvalue weighted by Crippen LogP contribution is 2.28. The summed E-state index contributed by atoms with van der Waals surface area (Å²) in [5.41, 5.74) is 8.13. The van der Waals surface area contributed by atoms with Crippen molar-refractivity contribution in [1.29, 1.82) is 0 Å². The number of likely N-dealkylation sites (N-methyl/N-ethyl adjacent to an activating group) is 1. The van der Waals surface area contributed by atoms with Gasteiger partial charge in [-0.3, -0.25) is 4.79 Å². The first-order chi connectivity index (χ1) is 9.86. The lowest BCUT2D eigenvalue weighted by atomic mass is 10.0. The quantitative estimate of drug-likeness (QED) is 0.933. The van der Waals surface area contributed by atoms with Crippen molar-refractivity contribution in [2.24, 2.45) is 5.73 Å². The van der Waals surface area contributed by atoms with Crippen LogP contribution in [0.15, 0.2) is 10.6 Å². The summed E-state index contributed by atoms with van der Waals surface area (Å²) in [6, 6.07) is 1.75. The van der Waals surface area contributed by atoms with Gasteiger partial charge in [-0.05, 0) is 25.8 Å². The molecular weight excluding hydrogens is 304 g/mol. The van der Waals surface area contributed by atoms with Crippen molar-refractivity contribution in [1.82, 2.24) is 15.0 Å². The van der Waals surface area contributed by atoms with Crippen LogP contribution in [0.3, 0.4) is 0 Å². The van der Waals surface area contributed by atoms with Gasteiger partial charge >= 0.3 is 0 Å². The highest BCUT2D eigenvalue weighted by atomic mass is 35.5. The second kappa shape index (κ2) is 7.07. The van der Waals surface area contributed by atoms with Crippen LogP contribution in [0, 0.1) is 6.92 Å². The van der Waals surface area contributed by atoms with E-state index < -0.39 is 0 Å². The lowest BCUT2D eigenvalue weighted by Crippen LogP contribution is -2.39. The van der Waals surface area contributed by atoms with Crippen LogP contribution in [0.1, 0.15) is 48.4 Å². The van der Waals surface area contributed by atoms with Gasteiger partial charge in [0, 0.05) is 25.3 Å². The maximum absolute atomic E-state index is 12.8. The van der Waals surface area contributed by atoms with Crippen LogP contribution in [-0.2, 0) is 0 Å². The topological polar surface area (TPSA) is 85.2 Å². The molecule has 1 atom stereocenters. The van der Waals surface area contributed by atoms with E-state index in [4.69, 9.17) is 10.3 Å². The van der Waals surface area contributed by atoms with Crippen molar-refractivity contribution in [3.8, 4) is 0 Å². The Morgan fingerprint density at radius 2 is 2.05 bits per heavy atom. The van der Waals surface area contributed by atoms with E-state index in [-0.39, 0.29) is 30.3 Å². The molecule has 1 unspecified atom stereocenters. The van der Waals surface area contributed by atoms with Gasteiger partial charge in [0.25, 0.3) is 11.6 Å². The number of pyridine rings is 1. The number of hydrogen-bond acceptors (Lipinski definition) is 5. The van der Waals surface area contributed by atoms with Gasteiger partial charge in [0.05, 0.1) is 16.6 Å². The first-order valence-corrected chi connectivity index (χ1v) is 7.11. The van der Waals surface area contributed by atoms with Gasteiger partial charge in [-0.1, -0.05) is 19.0 Å². The number of nitrogens with zero attached hydrogens (tertiary/aromatic N) is 3. The maximum Gasteiger partial charge on any atom is 0.259 e. The van der Waals surface area contributed by atoms with Crippen molar-refractivity contribution < 1.29 is 9.32 Å². The third-order valence-corrected chi connectivity index (χ3v) is 3.70. The van der Waals surface area contributed by atoms with Gasteiger partial charge < -0.3 is 15.2 Å². The molecule has 0 saturated heterocycles. The number of fused-ring (bicyclic) bond motifs is 1. The summed E-state index contributed by atoms with van der Waals surface area (Å²) in [5.74, 6) is 0.0631. The Morgan fingerprint density at radius 1 is 1.41 bits per heavy atom. The van der Waals surface area contributed by atoms with Crippen LogP contribution in [0.2, 0.25) is 0 Å². The van der Waals surface area contributed by atoms with Crippen LogP contribution in [-0.4, -0.2) is 40.6 Å². The summed E-state index contributed by atoms with van der Waals surface area (Å²) in [6.45, 7) is 8.19. The smallest absolute Gasteiger partial charge is 0.259 e. The van der Waals surface area contributed by atoms with Crippen LogP contribution in [0.4, 0.5) is 0 Å². The number of hydrogen-bond donors (Lipinski definition) is 1. The standard InChI is InChI=1S/C15H22N4O2.ClH/c1-8(2)13-12-11(15(20)19(5)10(4)7-16)6-9(3)17-14(12)21-18-13;/h6,8,10H,7,16H2,1-5H3;1H. The molecule has 0 spiro atoms. The van der Waals surface area contributed by atoms with E-state index in [1.165, 1.54) is 0 Å². The van der Waals surface area contributed by atoms with Crippen LogP contribution in [0.5, 0.6) is 0 Å². The minimum Gasteiger partial charge on any atom is -0.338 e. The van der Waals surface area contributed by atoms with Crippen LogP contribution in [0.25, 0.3) is 11.1 Å². The zero-order valence-electron chi connectivity index (χ0n) is 13.6. The molecule has 0 aliphatic heterocycles. The molecule has 2 aromatic heterocycles. The number of halogens is 1. The van der Waals surface area contributed by atoms with Gasteiger partial charge in [-0.25, -0.2) is 4.98 Å². The SMILES string of the molecule is Cc1cc(C(=O)N(C)C(C)CN)c2c(C(C)C)noc2n1.Cl. The van der Waals surface area contributed by atoms with E-state index in [9.17, 15) is 4.79 Å². The highest BCUT2D eigenvalue weighted by Gasteiger charge is 2.24. The van der Waals surface area contributed by atoms with E-state index in [1.54, 1.807) is 18.0 Å². The average molecular weight is 327 g/mol. The van der Waals surface area contributed by atoms with Gasteiger partial charge in [-0.15, -0.1) is 12.4 Å². The molecule has 2 N–H and O–H groups in total. The molecule has 0 aliphatic rings. The number of carbonyl (C=O) groups is 1. The molecule has 2 rings (SSSR count). The maximum atomic E-state index is 12.8. The Kier molecular flexibility index (Phi) is 5.91.